The number of aromatic nitrogens is 3. The third-order valence-corrected chi connectivity index (χ3v) is 7.86. The van der Waals surface area contributed by atoms with Crippen LogP contribution in [0.2, 0.25) is 10.0 Å². The van der Waals surface area contributed by atoms with Crippen LogP contribution in [-0.2, 0) is 11.3 Å². The van der Waals surface area contributed by atoms with Gasteiger partial charge < -0.3 is 4.90 Å². The molecule has 178 valence electrons. The van der Waals surface area contributed by atoms with Gasteiger partial charge in [0.1, 0.15) is 10.3 Å². The molecular weight excluding hydrogens is 590 g/mol. The van der Waals surface area contributed by atoms with E-state index in [1.807, 2.05) is 18.2 Å². The Kier molecular flexibility index (Phi) is 5.68. The van der Waals surface area contributed by atoms with Gasteiger partial charge in [-0.15, -0.1) is 5.10 Å². The van der Waals surface area contributed by atoms with Crippen molar-refractivity contribution in [3.05, 3.63) is 107 Å². The summed E-state index contributed by atoms with van der Waals surface area (Å²) in [5.74, 6) is -0.391. The van der Waals surface area contributed by atoms with Gasteiger partial charge in [0.05, 0.1) is 22.8 Å². The van der Waals surface area contributed by atoms with E-state index in [-0.39, 0.29) is 34.2 Å². The minimum absolute atomic E-state index is 0.228. The molecule has 0 saturated carbocycles. The molecule has 0 radical (unpaired) electrons. The van der Waals surface area contributed by atoms with E-state index in [2.05, 4.69) is 26.0 Å². The van der Waals surface area contributed by atoms with Crippen molar-refractivity contribution in [1.82, 2.24) is 14.6 Å². The number of anilines is 1. The zero-order valence-corrected chi connectivity index (χ0v) is 21.9. The Morgan fingerprint density at radius 2 is 1.75 bits per heavy atom. The predicted octanol–water partition coefficient (Wildman–Crippen LogP) is 5.49. The monoisotopic (exact) mass is 600 g/mol. The molecule has 3 aromatic carbocycles. The fraction of sp³-hybridized carbons (Fsp3) is 0.0400. The molecule has 11 heteroatoms. The lowest BCUT2D eigenvalue weighted by atomic mass is 10.1. The molecule has 1 aliphatic heterocycles. The molecular formula is C25H12BrCl2FN4O2S. The van der Waals surface area contributed by atoms with E-state index in [4.69, 9.17) is 23.2 Å². The predicted molar refractivity (Wildman–Crippen MR) is 142 cm³/mol. The topological polar surface area (TPSA) is 67.6 Å². The maximum Gasteiger partial charge on any atom is 0.291 e. The van der Waals surface area contributed by atoms with Crippen LogP contribution < -0.4 is 15.0 Å². The summed E-state index contributed by atoms with van der Waals surface area (Å²) in [7, 11) is 0. The summed E-state index contributed by atoms with van der Waals surface area (Å²) in [5, 5.41) is 5.19. The van der Waals surface area contributed by atoms with E-state index in [9.17, 15) is 14.0 Å². The molecule has 0 saturated heterocycles. The number of rotatable bonds is 3. The van der Waals surface area contributed by atoms with Crippen LogP contribution in [0.3, 0.4) is 0 Å². The van der Waals surface area contributed by atoms with Crippen LogP contribution in [0.15, 0.2) is 69.9 Å². The van der Waals surface area contributed by atoms with E-state index >= 15 is 0 Å². The van der Waals surface area contributed by atoms with E-state index < -0.39 is 5.56 Å². The van der Waals surface area contributed by atoms with Gasteiger partial charge in [-0.2, -0.15) is 9.50 Å². The van der Waals surface area contributed by atoms with Crippen LogP contribution in [0.4, 0.5) is 10.1 Å². The van der Waals surface area contributed by atoms with Gasteiger partial charge in [-0.1, -0.05) is 62.6 Å². The summed E-state index contributed by atoms with van der Waals surface area (Å²) in [6.45, 7) is 0.228. The van der Waals surface area contributed by atoms with Crippen molar-refractivity contribution in [2.24, 2.45) is 0 Å². The summed E-state index contributed by atoms with van der Waals surface area (Å²) in [5.41, 5.74) is 2.42. The molecule has 0 unspecified atom stereocenters. The second kappa shape index (κ2) is 8.77. The van der Waals surface area contributed by atoms with E-state index in [1.54, 1.807) is 35.2 Å². The van der Waals surface area contributed by atoms with Gasteiger partial charge in [0.15, 0.2) is 5.82 Å². The largest absolute Gasteiger partial charge is 0.303 e. The summed E-state index contributed by atoms with van der Waals surface area (Å²) in [6, 6.07) is 16.3. The van der Waals surface area contributed by atoms with Crippen molar-refractivity contribution in [3.8, 4) is 11.4 Å². The molecule has 6 nitrogen and oxygen atoms in total. The van der Waals surface area contributed by atoms with Crippen molar-refractivity contribution in [2.75, 3.05) is 4.90 Å². The average Bonchev–Trinajstić information content (AvgIpc) is 3.46. The van der Waals surface area contributed by atoms with Gasteiger partial charge in [0, 0.05) is 20.6 Å². The number of hydrogen-bond donors (Lipinski definition) is 0. The quantitative estimate of drug-likeness (QED) is 0.274. The average molecular weight is 602 g/mol. The minimum Gasteiger partial charge on any atom is -0.303 e. The summed E-state index contributed by atoms with van der Waals surface area (Å²) >= 11 is 16.8. The van der Waals surface area contributed by atoms with Gasteiger partial charge in [-0.3, -0.25) is 9.59 Å². The zero-order valence-electron chi connectivity index (χ0n) is 18.0. The lowest BCUT2D eigenvalue weighted by Crippen LogP contribution is -2.32. The summed E-state index contributed by atoms with van der Waals surface area (Å²) in [6.07, 6.45) is 0. The third kappa shape index (κ3) is 3.83. The van der Waals surface area contributed by atoms with Crippen LogP contribution in [0.1, 0.15) is 11.1 Å². The molecule has 5 aromatic rings. The lowest BCUT2D eigenvalue weighted by molar-refractivity contribution is -0.113. The number of amides is 1. The molecule has 1 amide bonds. The Hall–Kier alpha value is -3.11. The summed E-state index contributed by atoms with van der Waals surface area (Å²) in [4.78, 5) is 33.5. The molecule has 0 atom stereocenters. The highest BCUT2D eigenvalue weighted by molar-refractivity contribution is 9.10. The Labute approximate surface area is 225 Å². The molecule has 0 N–H and O–H groups in total. The third-order valence-electron chi connectivity index (χ3n) is 5.79. The SMILES string of the molecule is O=C1/C(=c2\sc3nc(-c4ccc(Cl)cc4Cl)nn3c2=O)c2cc(Br)ccc2N1Cc1ccc(F)cc1. The first kappa shape index (κ1) is 23.3. The highest BCUT2D eigenvalue weighted by atomic mass is 79.9. The fourth-order valence-corrected chi connectivity index (χ4v) is 5.97. The molecule has 0 fully saturated rings. The molecule has 0 bridgehead atoms. The van der Waals surface area contributed by atoms with E-state index in [0.29, 0.717) is 31.8 Å². The fourth-order valence-electron chi connectivity index (χ4n) is 4.12. The van der Waals surface area contributed by atoms with E-state index in [0.717, 1.165) is 21.4 Å². The van der Waals surface area contributed by atoms with Crippen molar-refractivity contribution in [2.45, 2.75) is 6.54 Å². The van der Waals surface area contributed by atoms with E-state index in [1.165, 1.54) is 16.6 Å². The Balaban J connectivity index is 1.50. The maximum absolute atomic E-state index is 13.6. The van der Waals surface area contributed by atoms with Gasteiger partial charge in [-0.05, 0) is 54.1 Å². The van der Waals surface area contributed by atoms with Gasteiger partial charge >= 0.3 is 0 Å². The zero-order chi connectivity index (χ0) is 25.1. The number of carbonyl (C=O) groups excluding carboxylic acids is 1. The first-order valence-corrected chi connectivity index (χ1v) is 12.9. The minimum atomic E-state index is -0.447. The second-order valence-electron chi connectivity index (χ2n) is 8.04. The number of benzene rings is 3. The molecule has 36 heavy (non-hydrogen) atoms. The van der Waals surface area contributed by atoms with Crippen LogP contribution in [0.25, 0.3) is 21.9 Å². The number of thiazole rings is 1. The lowest BCUT2D eigenvalue weighted by Gasteiger charge is -2.17. The first-order valence-electron chi connectivity index (χ1n) is 10.6. The smallest absolute Gasteiger partial charge is 0.291 e. The molecule has 1 aliphatic rings. The van der Waals surface area contributed by atoms with Crippen LogP contribution in [0, 0.1) is 5.82 Å². The summed E-state index contributed by atoms with van der Waals surface area (Å²) < 4.78 is 15.6. The van der Waals surface area contributed by atoms with Crippen LogP contribution in [0.5, 0.6) is 0 Å². The normalized spacial score (nSPS) is 14.7. The first-order chi connectivity index (χ1) is 17.3. The standard InChI is InChI=1S/C25H12BrCl2FN4O2S/c26-13-3-8-19-17(9-13)20(23(34)32(19)11-12-1-5-15(29)6-2-12)21-24(35)33-25(36-21)30-22(31-33)16-7-4-14(27)10-18(16)28/h1-10H,11H2/b21-20-. The van der Waals surface area contributed by atoms with Crippen molar-refractivity contribution in [3.63, 3.8) is 0 Å². The van der Waals surface area contributed by atoms with Gasteiger partial charge in [0.25, 0.3) is 11.5 Å². The van der Waals surface area contributed by atoms with Gasteiger partial charge in [0.2, 0.25) is 4.96 Å². The van der Waals surface area contributed by atoms with Crippen molar-refractivity contribution < 1.29 is 9.18 Å². The van der Waals surface area contributed by atoms with Crippen molar-refractivity contribution >= 4 is 72.6 Å². The van der Waals surface area contributed by atoms with Crippen molar-refractivity contribution in [1.29, 1.82) is 0 Å². The number of fused-ring (bicyclic) bond motifs is 2. The highest BCUT2D eigenvalue weighted by Crippen LogP contribution is 2.38. The van der Waals surface area contributed by atoms with Gasteiger partial charge in [-0.25, -0.2) is 4.39 Å². The Morgan fingerprint density at radius 1 is 0.972 bits per heavy atom. The highest BCUT2D eigenvalue weighted by Gasteiger charge is 2.35. The molecule has 0 spiro atoms. The molecule has 2 aromatic heterocycles. The molecule has 3 heterocycles. The number of carbonyl (C=O) groups is 1. The van der Waals surface area contributed by atoms with Crippen LogP contribution >= 0.6 is 50.5 Å². The second-order valence-corrected chi connectivity index (χ2v) is 10.8. The number of nitrogens with zero attached hydrogens (tertiary/aromatic N) is 4. The van der Waals surface area contributed by atoms with Crippen LogP contribution in [-0.4, -0.2) is 20.5 Å². The molecule has 0 aliphatic carbocycles. The Bertz CT molecular complexity index is 1820. The maximum atomic E-state index is 13.6. The Morgan fingerprint density at radius 3 is 2.47 bits per heavy atom. The number of hydrogen-bond acceptors (Lipinski definition) is 5. The number of halogens is 4. The molecule has 6 rings (SSSR count).